The van der Waals surface area contributed by atoms with Crippen molar-refractivity contribution in [1.82, 2.24) is 40.0 Å². The third-order valence-electron chi connectivity index (χ3n) is 9.59. The van der Waals surface area contributed by atoms with Gasteiger partial charge in [0, 0.05) is 28.7 Å². The minimum absolute atomic E-state index is 0.00415. The lowest BCUT2D eigenvalue weighted by atomic mass is 9.90. The van der Waals surface area contributed by atoms with Gasteiger partial charge in [0.1, 0.15) is 24.2 Å². The molecule has 21 heteroatoms. The largest absolute Gasteiger partial charge is 0.447 e. The Bertz CT molecular complexity index is 2080. The number of hydrogen-bond donors (Lipinski definition) is 2. The summed E-state index contributed by atoms with van der Waals surface area (Å²) in [5.74, 6) is -1.78. The number of nitrogens with two attached hydrogens (primary N) is 1. The van der Waals surface area contributed by atoms with Gasteiger partial charge in [-0.25, -0.2) is 18.6 Å². The van der Waals surface area contributed by atoms with Crippen LogP contribution in [0.3, 0.4) is 0 Å². The summed E-state index contributed by atoms with van der Waals surface area (Å²) in [6.45, 7) is -1.66. The van der Waals surface area contributed by atoms with E-state index in [0.29, 0.717) is 11.3 Å². The third-order valence-corrected chi connectivity index (χ3v) is 9.92. The Kier molecular flexibility index (Phi) is 11.3. The first-order chi connectivity index (χ1) is 26.4. The van der Waals surface area contributed by atoms with E-state index in [9.17, 15) is 40.3 Å². The van der Waals surface area contributed by atoms with Crippen LogP contribution in [0.25, 0.3) is 22.6 Å². The highest BCUT2D eigenvalue weighted by molar-refractivity contribution is 6.33. The highest BCUT2D eigenvalue weighted by atomic mass is 35.5. The van der Waals surface area contributed by atoms with Gasteiger partial charge in [-0.2, -0.15) is 46.7 Å². The Balaban J connectivity index is 1.40. The lowest BCUT2D eigenvalue weighted by Gasteiger charge is -2.32. The maximum absolute atomic E-state index is 14.5. The van der Waals surface area contributed by atoms with Gasteiger partial charge >= 0.3 is 18.8 Å². The summed E-state index contributed by atoms with van der Waals surface area (Å²) in [5, 5.41) is 14.0. The number of aliphatic imine (C=N–C) groups is 1. The molecule has 2 aliphatic rings. The summed E-state index contributed by atoms with van der Waals surface area (Å²) in [5.41, 5.74) is 3.53. The highest BCUT2D eigenvalue weighted by Gasteiger charge is 2.64. The fourth-order valence-electron chi connectivity index (χ4n) is 5.68. The maximum atomic E-state index is 14.5. The number of nitrogens with zero attached hydrogens (tertiary/aromatic N) is 8. The quantitative estimate of drug-likeness (QED) is 0.0749. The van der Waals surface area contributed by atoms with E-state index in [1.807, 2.05) is 5.32 Å². The SMILES string of the molecule is CC(C)(CCN=C(N)N(C(=O)c1ccc(-c2cnn(C3CC3)n2)cc1)[C@H](COC(=O)NC1(C(F)(F)F)CC1)c1ccc(Cl)c(-c2ncnn2C(F)F)c1)C(F)F. The molecule has 1 atom stereocenters. The van der Waals surface area contributed by atoms with E-state index in [-0.39, 0.29) is 64.1 Å². The molecule has 0 radical (unpaired) electrons. The number of alkyl halides is 7. The van der Waals surface area contributed by atoms with Crippen molar-refractivity contribution in [3.05, 3.63) is 71.1 Å². The second kappa shape index (κ2) is 15.7. The van der Waals surface area contributed by atoms with Crippen LogP contribution >= 0.6 is 11.6 Å². The summed E-state index contributed by atoms with van der Waals surface area (Å²) >= 11 is 6.41. The molecule has 0 bridgehead atoms. The number of ether oxygens (including phenoxy) is 1. The number of hydrogen-bond acceptors (Lipinski definition) is 8. The number of halogens is 8. The van der Waals surface area contributed by atoms with E-state index in [0.717, 1.165) is 24.1 Å². The van der Waals surface area contributed by atoms with E-state index >= 15 is 0 Å². The van der Waals surface area contributed by atoms with E-state index < -0.39 is 60.7 Å². The first kappa shape index (κ1) is 40.4. The van der Waals surface area contributed by atoms with Gasteiger partial charge in [-0.05, 0) is 61.9 Å². The van der Waals surface area contributed by atoms with Crippen molar-refractivity contribution >= 4 is 29.6 Å². The van der Waals surface area contributed by atoms with Gasteiger partial charge in [0.05, 0.1) is 23.3 Å². The molecular formula is C35H36ClF7N10O3. The lowest BCUT2D eigenvalue weighted by Crippen LogP contribution is -2.49. The summed E-state index contributed by atoms with van der Waals surface area (Å²) in [7, 11) is 0. The molecule has 2 amide bonds. The second-order valence-electron chi connectivity index (χ2n) is 14.2. The number of benzene rings is 2. The lowest BCUT2D eigenvalue weighted by molar-refractivity contribution is -0.164. The molecular weight excluding hydrogens is 777 g/mol. The zero-order valence-electron chi connectivity index (χ0n) is 29.9. The predicted octanol–water partition coefficient (Wildman–Crippen LogP) is 7.59. The van der Waals surface area contributed by atoms with Crippen molar-refractivity contribution in [2.75, 3.05) is 13.2 Å². The molecule has 0 saturated heterocycles. The summed E-state index contributed by atoms with van der Waals surface area (Å²) in [4.78, 5) is 38.0. The molecule has 0 aliphatic heterocycles. The molecule has 2 aromatic carbocycles. The number of nitrogens with one attached hydrogen (secondary N) is 1. The Hall–Kier alpha value is -5.27. The van der Waals surface area contributed by atoms with Crippen molar-refractivity contribution in [2.24, 2.45) is 16.1 Å². The Labute approximate surface area is 320 Å². The van der Waals surface area contributed by atoms with Gasteiger partial charge in [-0.1, -0.05) is 43.6 Å². The number of aromatic nitrogens is 6. The van der Waals surface area contributed by atoms with Crippen LogP contribution in [-0.2, 0) is 4.74 Å². The minimum atomic E-state index is -4.78. The number of carbonyl (C=O) groups excluding carboxylic acids is 2. The molecule has 0 spiro atoms. The average Bonchev–Trinajstić information content (AvgIpc) is 4.04. The van der Waals surface area contributed by atoms with E-state index in [1.54, 1.807) is 23.1 Å². The monoisotopic (exact) mass is 812 g/mol. The molecule has 6 rings (SSSR count). The third kappa shape index (κ3) is 8.74. The summed E-state index contributed by atoms with van der Waals surface area (Å²) in [6, 6.07) is 8.64. The normalized spacial score (nSPS) is 16.2. The summed E-state index contributed by atoms with van der Waals surface area (Å²) < 4.78 is 102. The fourth-order valence-corrected chi connectivity index (χ4v) is 5.88. The van der Waals surface area contributed by atoms with Gasteiger partial charge in [-0.15, -0.1) is 0 Å². The minimum Gasteiger partial charge on any atom is -0.447 e. The standard InChI is InChI=1S/C35H36ClF7N10O3/c1-33(2,29(37)38)13-14-45-31(44)51(28(54)20-5-3-19(4-6-20)25-16-47-53(50-25)22-8-9-22)26(17-56-32(55)49-34(11-12-34)35(41,42)43)21-7-10-24(36)23(15-21)27-46-18-48-52(27)30(39)40/h3-7,10,15-16,18,22,26,29-30H,8-9,11-14,17H2,1-2H3,(H2,44,45)(H,49,55)/t26-/m1/s1. The van der Waals surface area contributed by atoms with Gasteiger partial charge in [0.2, 0.25) is 6.43 Å². The van der Waals surface area contributed by atoms with Crippen LogP contribution in [0.2, 0.25) is 5.02 Å². The fraction of sp³-hybridized carbons (Fsp3) is 0.457. The van der Waals surface area contributed by atoms with Crippen molar-refractivity contribution in [1.29, 1.82) is 0 Å². The molecule has 2 fully saturated rings. The smallest absolute Gasteiger partial charge is 0.411 e. The summed E-state index contributed by atoms with van der Waals surface area (Å²) in [6.07, 6.45) is -5.57. The molecule has 4 aromatic rings. The van der Waals surface area contributed by atoms with Crippen LogP contribution in [0.1, 0.15) is 80.5 Å². The Morgan fingerprint density at radius 1 is 1.09 bits per heavy atom. The van der Waals surface area contributed by atoms with E-state index in [2.05, 4.69) is 25.3 Å². The van der Waals surface area contributed by atoms with Crippen LogP contribution in [0.15, 0.2) is 60.0 Å². The molecule has 2 heterocycles. The number of rotatable bonds is 14. The first-order valence-electron chi connectivity index (χ1n) is 17.3. The van der Waals surface area contributed by atoms with Crippen molar-refractivity contribution in [3.63, 3.8) is 0 Å². The van der Waals surface area contributed by atoms with Gasteiger partial charge in [0.25, 0.3) is 5.91 Å². The van der Waals surface area contributed by atoms with Crippen LogP contribution < -0.4 is 11.1 Å². The zero-order chi connectivity index (χ0) is 40.6. The van der Waals surface area contributed by atoms with Crippen molar-refractivity contribution < 1.29 is 45.1 Å². The Morgan fingerprint density at radius 2 is 1.79 bits per heavy atom. The molecule has 2 saturated carbocycles. The zero-order valence-corrected chi connectivity index (χ0v) is 30.6. The molecule has 56 heavy (non-hydrogen) atoms. The van der Waals surface area contributed by atoms with Crippen LogP contribution in [0.4, 0.5) is 35.5 Å². The van der Waals surface area contributed by atoms with Crippen LogP contribution in [0.5, 0.6) is 0 Å². The number of carbonyl (C=O) groups is 2. The molecule has 3 N–H and O–H groups in total. The second-order valence-corrected chi connectivity index (χ2v) is 14.6. The maximum Gasteiger partial charge on any atom is 0.411 e. The van der Waals surface area contributed by atoms with E-state index in [4.69, 9.17) is 22.1 Å². The average molecular weight is 813 g/mol. The van der Waals surface area contributed by atoms with Crippen molar-refractivity contribution in [3.8, 4) is 22.6 Å². The van der Waals surface area contributed by atoms with Gasteiger partial charge in [0.15, 0.2) is 11.8 Å². The topological polar surface area (TPSA) is 158 Å². The van der Waals surface area contributed by atoms with E-state index in [1.165, 1.54) is 44.2 Å². The number of guanidine groups is 1. The van der Waals surface area contributed by atoms with Gasteiger partial charge < -0.3 is 15.8 Å². The predicted molar refractivity (Wildman–Crippen MR) is 188 cm³/mol. The molecule has 300 valence electrons. The first-order valence-corrected chi connectivity index (χ1v) is 17.7. The number of amides is 2. The van der Waals surface area contributed by atoms with Crippen LogP contribution in [0, 0.1) is 5.41 Å². The molecule has 0 unspecified atom stereocenters. The van der Waals surface area contributed by atoms with Crippen molar-refractivity contribution in [2.45, 2.75) is 82.7 Å². The molecule has 2 aromatic heterocycles. The Morgan fingerprint density at radius 3 is 2.39 bits per heavy atom. The molecule has 13 nitrogen and oxygen atoms in total. The van der Waals surface area contributed by atoms with Crippen LogP contribution in [-0.4, -0.2) is 83.9 Å². The number of alkyl carbamates (subject to hydrolysis) is 1. The molecule has 2 aliphatic carbocycles. The van der Waals surface area contributed by atoms with Gasteiger partial charge in [-0.3, -0.25) is 14.7 Å². The highest BCUT2D eigenvalue weighted by Crippen LogP contribution is 2.49.